The highest BCUT2D eigenvalue weighted by atomic mass is 31.2. The summed E-state index contributed by atoms with van der Waals surface area (Å²) < 4.78 is 32.7. The van der Waals surface area contributed by atoms with Crippen molar-refractivity contribution >= 4 is 19.8 Å². The fourth-order valence-electron chi connectivity index (χ4n) is 6.56. The molecule has 8 atom stereocenters. The molecule has 0 aromatic rings. The van der Waals surface area contributed by atoms with Gasteiger partial charge in [0, 0.05) is 12.8 Å². The van der Waals surface area contributed by atoms with Crippen LogP contribution in [-0.4, -0.2) is 98.3 Å². The minimum absolute atomic E-state index is 0.0514. The van der Waals surface area contributed by atoms with E-state index in [0.29, 0.717) is 12.8 Å². The van der Waals surface area contributed by atoms with Gasteiger partial charge in [0.1, 0.15) is 43.2 Å². The van der Waals surface area contributed by atoms with Crippen LogP contribution in [0.5, 0.6) is 0 Å². The van der Waals surface area contributed by atoms with E-state index in [1.54, 1.807) is 6.92 Å². The van der Waals surface area contributed by atoms with Gasteiger partial charge in [0.05, 0.1) is 6.61 Å². The van der Waals surface area contributed by atoms with Crippen molar-refractivity contribution in [3.63, 3.8) is 0 Å². The molecule has 1 saturated carbocycles. The molecule has 0 heterocycles. The third-order valence-corrected chi connectivity index (χ3v) is 10.9. The van der Waals surface area contributed by atoms with Crippen molar-refractivity contribution in [1.82, 2.24) is 0 Å². The van der Waals surface area contributed by atoms with Crippen LogP contribution >= 0.6 is 7.82 Å². The number of phosphoric acid groups is 1. The summed E-state index contributed by atoms with van der Waals surface area (Å²) in [7, 11) is -5.08. The number of carbonyl (C=O) groups is 2. The van der Waals surface area contributed by atoms with Crippen LogP contribution in [0.3, 0.4) is 0 Å². The van der Waals surface area contributed by atoms with Crippen molar-refractivity contribution < 1.29 is 63.1 Å². The number of carbonyl (C=O) groups excluding carboxylic acids is 2. The average molecular weight is 783 g/mol. The second kappa shape index (κ2) is 31.0. The lowest BCUT2D eigenvalue weighted by molar-refractivity contribution is -0.220. The molecule has 0 radical (unpaired) electrons. The summed E-state index contributed by atoms with van der Waals surface area (Å²) in [5.41, 5.74) is 0. The Morgan fingerprint density at radius 2 is 0.887 bits per heavy atom. The molecule has 0 spiro atoms. The lowest BCUT2D eigenvalue weighted by Gasteiger charge is -2.41. The molecule has 1 aliphatic carbocycles. The molecule has 6 N–H and O–H groups in total. The van der Waals surface area contributed by atoms with Crippen molar-refractivity contribution in [2.24, 2.45) is 0 Å². The van der Waals surface area contributed by atoms with Crippen LogP contribution in [0.2, 0.25) is 0 Å². The highest BCUT2D eigenvalue weighted by Crippen LogP contribution is 2.47. The second-order valence-corrected chi connectivity index (χ2v) is 16.3. The molecule has 0 bridgehead atoms. The number of unbranched alkanes of at least 4 members (excludes halogenated alkanes) is 22. The summed E-state index contributed by atoms with van der Waals surface area (Å²) in [6.45, 7) is 2.85. The predicted molar refractivity (Wildman–Crippen MR) is 203 cm³/mol. The van der Waals surface area contributed by atoms with Gasteiger partial charge in [-0.25, -0.2) is 4.57 Å². The molecule has 14 heteroatoms. The Kier molecular flexibility index (Phi) is 29.2. The van der Waals surface area contributed by atoms with Crippen molar-refractivity contribution in [2.75, 3.05) is 13.2 Å². The third kappa shape index (κ3) is 24.2. The fourth-order valence-corrected chi connectivity index (χ4v) is 7.53. The number of esters is 2. The smallest absolute Gasteiger partial charge is 0.462 e. The number of aliphatic hydroxyl groups is 5. The van der Waals surface area contributed by atoms with Gasteiger partial charge in [-0.15, -0.1) is 0 Å². The molecule has 0 amide bonds. The Hall–Kier alpha value is -1.15. The van der Waals surface area contributed by atoms with Crippen molar-refractivity contribution in [1.29, 1.82) is 0 Å². The molecule has 53 heavy (non-hydrogen) atoms. The average Bonchev–Trinajstić information content (AvgIpc) is 3.13. The number of rotatable bonds is 34. The Morgan fingerprint density at radius 3 is 1.28 bits per heavy atom. The monoisotopic (exact) mass is 782 g/mol. The van der Waals surface area contributed by atoms with Crippen LogP contribution < -0.4 is 0 Å². The lowest BCUT2D eigenvalue weighted by atomic mass is 9.85. The van der Waals surface area contributed by atoms with Crippen LogP contribution in [-0.2, 0) is 32.7 Å². The first-order valence-corrected chi connectivity index (χ1v) is 22.3. The number of ether oxygens (including phenoxy) is 2. The third-order valence-electron chi connectivity index (χ3n) is 9.92. The van der Waals surface area contributed by atoms with Crippen LogP contribution in [0, 0.1) is 0 Å². The summed E-state index contributed by atoms with van der Waals surface area (Å²) >= 11 is 0. The molecular formula is C39H75O13P. The molecule has 0 aliphatic heterocycles. The molecule has 314 valence electrons. The minimum Gasteiger partial charge on any atom is -0.462 e. The van der Waals surface area contributed by atoms with E-state index in [1.807, 2.05) is 0 Å². The number of hydrogen-bond donors (Lipinski definition) is 6. The maximum Gasteiger partial charge on any atom is 0.472 e. The molecular weight excluding hydrogens is 707 g/mol. The standard InChI is InChI=1S/C39H75O13P/c1-3-5-6-7-8-9-10-11-12-13-14-15-16-17-18-19-20-21-22-23-24-25-26-28-32(40)49-29-31(51-33(41)27-4-2)30-50-53(47,48)52-39-37(45)35(43)34(42)36(44)38(39)46/h31,34-39,42-46H,3-30H2,1-2H3,(H,47,48)/t31-,34?,35-,36?,37?,38?,39?/m1/s1. The van der Waals surface area contributed by atoms with E-state index >= 15 is 0 Å². The second-order valence-electron chi connectivity index (χ2n) is 14.9. The maximum atomic E-state index is 12.6. The Balaban J connectivity index is 2.13. The predicted octanol–water partition coefficient (Wildman–Crippen LogP) is 6.94. The SMILES string of the molecule is CCCCCCCCCCCCCCCCCCCCCCCCCC(=O)OC[C@H](COP(=O)(O)OC1C(O)C(O)C(O)[C@@H](O)C1O)OC(=O)CCC. The molecule has 0 saturated heterocycles. The maximum absolute atomic E-state index is 12.6. The van der Waals surface area contributed by atoms with Crippen molar-refractivity contribution in [2.45, 2.75) is 224 Å². The van der Waals surface area contributed by atoms with Crippen LogP contribution in [0.4, 0.5) is 0 Å². The van der Waals surface area contributed by atoms with E-state index in [-0.39, 0.29) is 12.8 Å². The van der Waals surface area contributed by atoms with Gasteiger partial charge in [0.15, 0.2) is 6.10 Å². The van der Waals surface area contributed by atoms with Gasteiger partial charge in [-0.2, -0.15) is 0 Å². The van der Waals surface area contributed by atoms with Crippen LogP contribution in [0.1, 0.15) is 181 Å². The number of phosphoric ester groups is 1. The van der Waals surface area contributed by atoms with Crippen LogP contribution in [0.25, 0.3) is 0 Å². The van der Waals surface area contributed by atoms with E-state index in [9.17, 15) is 44.6 Å². The molecule has 13 nitrogen and oxygen atoms in total. The number of aliphatic hydroxyl groups excluding tert-OH is 5. The zero-order valence-electron chi connectivity index (χ0n) is 32.8. The van der Waals surface area contributed by atoms with Gasteiger partial charge in [-0.05, 0) is 12.8 Å². The van der Waals surface area contributed by atoms with Gasteiger partial charge >= 0.3 is 19.8 Å². The normalized spacial score (nSPS) is 23.4. The summed E-state index contributed by atoms with van der Waals surface area (Å²) in [5, 5.41) is 49.5. The van der Waals surface area contributed by atoms with Gasteiger partial charge < -0.3 is 39.9 Å². The van der Waals surface area contributed by atoms with Crippen molar-refractivity contribution in [3.05, 3.63) is 0 Å². The molecule has 6 unspecified atom stereocenters. The van der Waals surface area contributed by atoms with E-state index in [2.05, 4.69) is 6.92 Å². The first-order valence-electron chi connectivity index (χ1n) is 20.8. The van der Waals surface area contributed by atoms with E-state index < -0.39 is 75.7 Å². The molecule has 1 fully saturated rings. The summed E-state index contributed by atoms with van der Waals surface area (Å²) in [4.78, 5) is 34.6. The van der Waals surface area contributed by atoms with E-state index in [1.165, 1.54) is 122 Å². The van der Waals surface area contributed by atoms with Gasteiger partial charge in [-0.3, -0.25) is 18.6 Å². The summed E-state index contributed by atoms with van der Waals surface area (Å²) in [6.07, 6.45) is 17.0. The lowest BCUT2D eigenvalue weighted by Crippen LogP contribution is -2.64. The molecule has 1 rings (SSSR count). The summed E-state index contributed by atoms with van der Waals surface area (Å²) in [6, 6.07) is 0. The van der Waals surface area contributed by atoms with E-state index in [0.717, 1.165) is 19.3 Å². The minimum atomic E-state index is -5.08. The quantitative estimate of drug-likeness (QED) is 0.0222. The Labute approximate surface area is 319 Å². The number of hydrogen-bond acceptors (Lipinski definition) is 12. The van der Waals surface area contributed by atoms with Gasteiger partial charge in [-0.1, -0.05) is 155 Å². The van der Waals surface area contributed by atoms with E-state index in [4.69, 9.17) is 18.5 Å². The van der Waals surface area contributed by atoms with Crippen LogP contribution in [0.15, 0.2) is 0 Å². The summed E-state index contributed by atoms with van der Waals surface area (Å²) in [5.74, 6) is -1.15. The molecule has 1 aliphatic rings. The zero-order chi connectivity index (χ0) is 39.3. The van der Waals surface area contributed by atoms with Gasteiger partial charge in [0.2, 0.25) is 0 Å². The Morgan fingerprint density at radius 1 is 0.509 bits per heavy atom. The highest BCUT2D eigenvalue weighted by molar-refractivity contribution is 7.47. The Bertz CT molecular complexity index is 954. The fraction of sp³-hybridized carbons (Fsp3) is 0.949. The largest absolute Gasteiger partial charge is 0.472 e. The molecule has 0 aromatic carbocycles. The topological polar surface area (TPSA) is 210 Å². The zero-order valence-corrected chi connectivity index (χ0v) is 33.7. The van der Waals surface area contributed by atoms with Gasteiger partial charge in [0.25, 0.3) is 0 Å². The highest BCUT2D eigenvalue weighted by Gasteiger charge is 2.51. The molecule has 0 aromatic heterocycles. The first kappa shape index (κ1) is 49.9. The first-order chi connectivity index (χ1) is 25.4. The van der Waals surface area contributed by atoms with Crippen molar-refractivity contribution in [3.8, 4) is 0 Å².